The van der Waals surface area contributed by atoms with Gasteiger partial charge in [-0.15, -0.1) is 0 Å². The molecule has 1 saturated heterocycles. The van der Waals surface area contributed by atoms with Crippen LogP contribution in [0, 0.1) is 19.8 Å². The van der Waals surface area contributed by atoms with Crippen LogP contribution in [0.4, 0.5) is 0 Å². The Balaban J connectivity index is 1.47. The molecule has 3 rings (SSSR count). The number of nitrogens with one attached hydrogen (secondary N) is 1. The molecule has 0 radical (unpaired) electrons. The molecule has 2 heterocycles. The zero-order valence-electron chi connectivity index (χ0n) is 17.0. The van der Waals surface area contributed by atoms with E-state index in [4.69, 9.17) is 0 Å². The smallest absolute Gasteiger partial charge is 0.0247 e. The maximum Gasteiger partial charge on any atom is 0.0247 e. The lowest BCUT2D eigenvalue weighted by Crippen LogP contribution is -2.41. The van der Waals surface area contributed by atoms with Crippen molar-refractivity contribution in [3.63, 3.8) is 0 Å². The minimum atomic E-state index is 0.648. The lowest BCUT2D eigenvalue weighted by atomic mass is 10.0. The molecular weight excluding hydrogens is 318 g/mol. The van der Waals surface area contributed by atoms with E-state index in [9.17, 15) is 0 Å². The van der Waals surface area contributed by atoms with Gasteiger partial charge in [0.2, 0.25) is 0 Å². The van der Waals surface area contributed by atoms with E-state index < -0.39 is 0 Å². The molecule has 0 amide bonds. The Morgan fingerprint density at radius 2 is 1.77 bits per heavy atom. The highest BCUT2D eigenvalue weighted by Crippen LogP contribution is 2.19. The van der Waals surface area contributed by atoms with Crippen molar-refractivity contribution in [1.82, 2.24) is 14.8 Å². The predicted octanol–water partition coefficient (Wildman–Crippen LogP) is 4.52. The number of hydrogen-bond donors (Lipinski definition) is 1. The lowest BCUT2D eigenvalue weighted by Gasteiger charge is -2.32. The van der Waals surface area contributed by atoms with Gasteiger partial charge in [-0.2, -0.15) is 0 Å². The van der Waals surface area contributed by atoms with Gasteiger partial charge in [-0.3, -0.25) is 4.90 Å². The van der Waals surface area contributed by atoms with Crippen molar-refractivity contribution in [3.8, 4) is 0 Å². The number of benzene rings is 1. The Morgan fingerprint density at radius 3 is 2.42 bits per heavy atom. The summed E-state index contributed by atoms with van der Waals surface area (Å²) in [6.45, 7) is 14.7. The summed E-state index contributed by atoms with van der Waals surface area (Å²) in [6.07, 6.45) is 2.50. The molecule has 1 N–H and O–H groups in total. The van der Waals surface area contributed by atoms with E-state index in [-0.39, 0.29) is 0 Å². The molecule has 1 aliphatic rings. The van der Waals surface area contributed by atoms with Crippen LogP contribution in [0.15, 0.2) is 36.4 Å². The lowest BCUT2D eigenvalue weighted by molar-refractivity contribution is 0.190. The molecule has 3 nitrogen and oxygen atoms in total. The largest absolute Gasteiger partial charge is 0.349 e. The minimum absolute atomic E-state index is 0.648. The molecular formula is C23H35N3. The van der Waals surface area contributed by atoms with Crippen molar-refractivity contribution >= 4 is 0 Å². The van der Waals surface area contributed by atoms with Gasteiger partial charge in [0.1, 0.15) is 0 Å². The number of aryl methyl sites for hydroxylation is 1. The first-order valence-corrected chi connectivity index (χ1v) is 10.2. The van der Waals surface area contributed by atoms with Gasteiger partial charge in [-0.05, 0) is 62.9 Å². The summed E-state index contributed by atoms with van der Waals surface area (Å²) in [5.41, 5.74) is 5.72. The standard InChI is InChI=1S/C23H35N3/c1-18(2)16-26-19(3)14-22(20(26)4)15-24-23-10-12-25(13-11-23)17-21-8-6-5-7-9-21/h5-9,14,18,23-24H,10-13,15-17H2,1-4H3. The van der Waals surface area contributed by atoms with Crippen LogP contribution in [-0.2, 0) is 19.6 Å². The van der Waals surface area contributed by atoms with E-state index in [2.05, 4.69) is 78.9 Å². The summed E-state index contributed by atoms with van der Waals surface area (Å²) in [5.74, 6) is 0.689. The van der Waals surface area contributed by atoms with Crippen molar-refractivity contribution in [3.05, 3.63) is 58.9 Å². The van der Waals surface area contributed by atoms with Crippen molar-refractivity contribution in [2.24, 2.45) is 5.92 Å². The van der Waals surface area contributed by atoms with Crippen molar-refractivity contribution in [2.45, 2.75) is 66.2 Å². The van der Waals surface area contributed by atoms with E-state index in [0.717, 1.165) is 19.6 Å². The molecule has 1 fully saturated rings. The highest BCUT2D eigenvalue weighted by atomic mass is 15.1. The van der Waals surface area contributed by atoms with E-state index in [1.165, 1.54) is 48.4 Å². The summed E-state index contributed by atoms with van der Waals surface area (Å²) >= 11 is 0. The van der Waals surface area contributed by atoms with Crippen LogP contribution in [-0.4, -0.2) is 28.6 Å². The van der Waals surface area contributed by atoms with E-state index >= 15 is 0 Å². The second-order valence-electron chi connectivity index (χ2n) is 8.32. The van der Waals surface area contributed by atoms with E-state index in [0.29, 0.717) is 12.0 Å². The number of nitrogens with zero attached hydrogens (tertiary/aromatic N) is 2. The fraction of sp³-hybridized carbons (Fsp3) is 0.565. The van der Waals surface area contributed by atoms with Crippen molar-refractivity contribution in [1.29, 1.82) is 0 Å². The number of hydrogen-bond acceptors (Lipinski definition) is 2. The Hall–Kier alpha value is -1.58. The Bertz CT molecular complexity index is 679. The summed E-state index contributed by atoms with van der Waals surface area (Å²) < 4.78 is 2.48. The number of aromatic nitrogens is 1. The molecule has 142 valence electrons. The van der Waals surface area contributed by atoms with Gasteiger partial charge in [0.15, 0.2) is 0 Å². The normalized spacial score (nSPS) is 16.5. The average molecular weight is 354 g/mol. The SMILES string of the molecule is Cc1cc(CNC2CCN(Cc3ccccc3)CC2)c(C)n1CC(C)C. The molecule has 1 aromatic carbocycles. The zero-order valence-corrected chi connectivity index (χ0v) is 17.0. The molecule has 1 aliphatic heterocycles. The maximum atomic E-state index is 3.82. The summed E-state index contributed by atoms with van der Waals surface area (Å²) in [7, 11) is 0. The molecule has 0 aliphatic carbocycles. The maximum absolute atomic E-state index is 3.82. The molecule has 26 heavy (non-hydrogen) atoms. The second kappa shape index (κ2) is 8.88. The first kappa shape index (κ1) is 19.2. The first-order chi connectivity index (χ1) is 12.5. The molecule has 3 heteroatoms. The number of piperidine rings is 1. The van der Waals surface area contributed by atoms with Crippen LogP contribution in [0.1, 0.15) is 49.2 Å². The van der Waals surface area contributed by atoms with Crippen LogP contribution < -0.4 is 5.32 Å². The second-order valence-corrected chi connectivity index (χ2v) is 8.32. The third-order valence-corrected chi connectivity index (χ3v) is 5.64. The van der Waals surface area contributed by atoms with Gasteiger partial charge in [0.05, 0.1) is 0 Å². The summed E-state index contributed by atoms with van der Waals surface area (Å²) in [6, 6.07) is 13.9. The highest BCUT2D eigenvalue weighted by molar-refractivity contribution is 5.26. The Kier molecular flexibility index (Phi) is 6.55. The van der Waals surface area contributed by atoms with Crippen molar-refractivity contribution in [2.75, 3.05) is 13.1 Å². The van der Waals surface area contributed by atoms with Gasteiger partial charge in [0, 0.05) is 37.1 Å². The molecule has 1 aromatic heterocycles. The molecule has 0 bridgehead atoms. The fourth-order valence-corrected chi connectivity index (χ4v) is 4.09. The number of rotatable bonds is 7. The van der Waals surface area contributed by atoms with Crippen LogP contribution in [0.25, 0.3) is 0 Å². The molecule has 0 unspecified atom stereocenters. The van der Waals surface area contributed by atoms with Crippen LogP contribution in [0.2, 0.25) is 0 Å². The highest BCUT2D eigenvalue weighted by Gasteiger charge is 2.19. The average Bonchev–Trinajstić information content (AvgIpc) is 2.89. The zero-order chi connectivity index (χ0) is 18.5. The number of likely N-dealkylation sites (tertiary alicyclic amines) is 1. The van der Waals surface area contributed by atoms with E-state index in [1.54, 1.807) is 0 Å². The molecule has 0 atom stereocenters. The molecule has 0 saturated carbocycles. The molecule has 2 aromatic rings. The third-order valence-electron chi connectivity index (χ3n) is 5.64. The third kappa shape index (κ3) is 4.99. The van der Waals surface area contributed by atoms with Gasteiger partial charge in [0.25, 0.3) is 0 Å². The van der Waals surface area contributed by atoms with Crippen molar-refractivity contribution < 1.29 is 0 Å². The quantitative estimate of drug-likeness (QED) is 0.790. The monoisotopic (exact) mass is 353 g/mol. The van der Waals surface area contributed by atoms with Gasteiger partial charge >= 0.3 is 0 Å². The minimum Gasteiger partial charge on any atom is -0.349 e. The molecule has 0 spiro atoms. The Morgan fingerprint density at radius 1 is 1.08 bits per heavy atom. The van der Waals surface area contributed by atoms with Gasteiger partial charge in [-0.25, -0.2) is 0 Å². The van der Waals surface area contributed by atoms with E-state index in [1.807, 2.05) is 0 Å². The first-order valence-electron chi connectivity index (χ1n) is 10.2. The Labute approximate surface area is 159 Å². The topological polar surface area (TPSA) is 20.2 Å². The van der Waals surface area contributed by atoms with Gasteiger partial charge < -0.3 is 9.88 Å². The fourth-order valence-electron chi connectivity index (χ4n) is 4.09. The van der Waals surface area contributed by atoms with Crippen LogP contribution in [0.3, 0.4) is 0 Å². The summed E-state index contributed by atoms with van der Waals surface area (Å²) in [4.78, 5) is 2.59. The summed E-state index contributed by atoms with van der Waals surface area (Å²) in [5, 5.41) is 3.82. The predicted molar refractivity (Wildman–Crippen MR) is 110 cm³/mol. The van der Waals surface area contributed by atoms with Crippen LogP contribution >= 0.6 is 0 Å². The van der Waals surface area contributed by atoms with Crippen LogP contribution in [0.5, 0.6) is 0 Å². The van der Waals surface area contributed by atoms with Gasteiger partial charge in [-0.1, -0.05) is 44.2 Å².